The summed E-state index contributed by atoms with van der Waals surface area (Å²) in [4.78, 5) is 41.8. The maximum atomic E-state index is 11.6. The lowest BCUT2D eigenvalue weighted by molar-refractivity contribution is -0.132. The van der Waals surface area contributed by atoms with Crippen LogP contribution in [0.3, 0.4) is 0 Å². The smallest absolute Gasteiger partial charge is 0.335 e. The Morgan fingerprint density at radius 1 is 1.00 bits per heavy atom. The van der Waals surface area contributed by atoms with Gasteiger partial charge in [0.25, 0.3) is 0 Å². The summed E-state index contributed by atoms with van der Waals surface area (Å²) < 4.78 is 0. The van der Waals surface area contributed by atoms with Gasteiger partial charge in [-0.05, 0) is 30.3 Å². The Morgan fingerprint density at radius 3 is 2.18 bits per heavy atom. The van der Waals surface area contributed by atoms with Crippen LogP contribution in [-0.2, 0) is 11.2 Å². The zero-order valence-corrected chi connectivity index (χ0v) is 14.8. The van der Waals surface area contributed by atoms with E-state index in [1.165, 1.54) is 48.8 Å². The number of hydrogen-bond acceptors (Lipinski definition) is 6. The Morgan fingerprint density at radius 2 is 1.61 bits per heavy atom. The van der Waals surface area contributed by atoms with Gasteiger partial charge in [-0.1, -0.05) is 6.08 Å². The van der Waals surface area contributed by atoms with Gasteiger partial charge in [0.1, 0.15) is 0 Å². The van der Waals surface area contributed by atoms with Crippen LogP contribution >= 0.6 is 0 Å². The SMILES string of the molecule is CN/C(=C\C(=C/Cc1cc(C(=O)O)ccn1)C(=O)O)c1cc(C(=O)O)ccn1. The van der Waals surface area contributed by atoms with Crippen molar-refractivity contribution in [3.05, 3.63) is 76.9 Å². The lowest BCUT2D eigenvalue weighted by Gasteiger charge is -2.08. The quantitative estimate of drug-likeness (QED) is 0.394. The van der Waals surface area contributed by atoms with Crippen LogP contribution in [0.15, 0.2) is 54.4 Å². The number of rotatable bonds is 8. The second-order valence-electron chi connectivity index (χ2n) is 5.55. The maximum Gasteiger partial charge on any atom is 0.335 e. The van der Waals surface area contributed by atoms with Crippen molar-refractivity contribution in [1.29, 1.82) is 0 Å². The van der Waals surface area contributed by atoms with Crippen LogP contribution in [0.1, 0.15) is 32.1 Å². The average Bonchev–Trinajstić information content (AvgIpc) is 2.68. The predicted molar refractivity (Wildman–Crippen MR) is 98.9 cm³/mol. The maximum absolute atomic E-state index is 11.6. The van der Waals surface area contributed by atoms with Gasteiger partial charge in [-0.2, -0.15) is 0 Å². The minimum atomic E-state index is -1.21. The molecular formula is C19H17N3O6. The van der Waals surface area contributed by atoms with E-state index < -0.39 is 17.9 Å². The molecule has 28 heavy (non-hydrogen) atoms. The first kappa shape index (κ1) is 20.3. The molecule has 0 amide bonds. The fourth-order valence-corrected chi connectivity index (χ4v) is 2.29. The summed E-state index contributed by atoms with van der Waals surface area (Å²) in [5, 5.41) is 30.4. The van der Waals surface area contributed by atoms with E-state index in [0.29, 0.717) is 11.4 Å². The molecule has 0 atom stereocenters. The second-order valence-corrected chi connectivity index (χ2v) is 5.55. The van der Waals surface area contributed by atoms with E-state index in [4.69, 9.17) is 10.2 Å². The van der Waals surface area contributed by atoms with Gasteiger partial charge in [0.05, 0.1) is 28.1 Å². The van der Waals surface area contributed by atoms with Gasteiger partial charge in [-0.3, -0.25) is 9.97 Å². The Labute approximate surface area is 159 Å². The minimum absolute atomic E-state index is 0.0155. The van der Waals surface area contributed by atoms with Gasteiger partial charge in [-0.25, -0.2) is 14.4 Å². The number of aromatic carboxylic acids is 2. The Bertz CT molecular complexity index is 981. The third-order valence-corrected chi connectivity index (χ3v) is 3.69. The first-order valence-corrected chi connectivity index (χ1v) is 8.02. The number of carboxylic acid groups (broad SMARTS) is 3. The predicted octanol–water partition coefficient (Wildman–Crippen LogP) is 1.69. The van der Waals surface area contributed by atoms with Gasteiger partial charge < -0.3 is 20.6 Å². The largest absolute Gasteiger partial charge is 0.478 e. The second kappa shape index (κ2) is 9.08. The van der Waals surface area contributed by atoms with E-state index in [1.54, 1.807) is 7.05 Å². The zero-order chi connectivity index (χ0) is 20.7. The molecule has 0 saturated carbocycles. The molecule has 2 rings (SSSR count). The number of nitrogens with zero attached hydrogens (tertiary/aromatic N) is 2. The molecule has 2 heterocycles. The molecule has 2 aromatic rings. The van der Waals surface area contributed by atoms with Crippen molar-refractivity contribution in [3.63, 3.8) is 0 Å². The lowest BCUT2D eigenvalue weighted by Crippen LogP contribution is -2.10. The molecule has 144 valence electrons. The number of pyridine rings is 2. The third kappa shape index (κ3) is 5.24. The molecule has 0 aliphatic heterocycles. The van der Waals surface area contributed by atoms with Crippen molar-refractivity contribution in [3.8, 4) is 0 Å². The van der Waals surface area contributed by atoms with Gasteiger partial charge >= 0.3 is 17.9 Å². The van der Waals surface area contributed by atoms with E-state index >= 15 is 0 Å². The normalized spacial score (nSPS) is 11.8. The van der Waals surface area contributed by atoms with E-state index in [2.05, 4.69) is 15.3 Å². The Balaban J connectivity index is 2.36. The fourth-order valence-electron chi connectivity index (χ4n) is 2.29. The molecule has 0 radical (unpaired) electrons. The van der Waals surface area contributed by atoms with Crippen LogP contribution in [0.5, 0.6) is 0 Å². The molecule has 0 fully saturated rings. The van der Waals surface area contributed by atoms with Crippen molar-refractivity contribution in [2.24, 2.45) is 0 Å². The molecule has 0 saturated heterocycles. The van der Waals surface area contributed by atoms with Crippen molar-refractivity contribution < 1.29 is 29.7 Å². The number of hydrogen-bond donors (Lipinski definition) is 4. The highest BCUT2D eigenvalue weighted by atomic mass is 16.4. The first-order chi connectivity index (χ1) is 13.3. The molecule has 0 aliphatic rings. The van der Waals surface area contributed by atoms with Crippen LogP contribution in [0, 0.1) is 0 Å². The van der Waals surface area contributed by atoms with E-state index in [0.717, 1.165) is 0 Å². The minimum Gasteiger partial charge on any atom is -0.478 e. The third-order valence-electron chi connectivity index (χ3n) is 3.69. The van der Waals surface area contributed by atoms with Crippen LogP contribution in [-0.4, -0.2) is 50.2 Å². The summed E-state index contributed by atoms with van der Waals surface area (Å²) >= 11 is 0. The molecule has 0 spiro atoms. The van der Waals surface area contributed by atoms with Crippen molar-refractivity contribution >= 4 is 23.6 Å². The Hall–Kier alpha value is -4.01. The van der Waals surface area contributed by atoms with Crippen molar-refractivity contribution in [2.75, 3.05) is 7.05 Å². The topological polar surface area (TPSA) is 150 Å². The number of aliphatic carboxylic acids is 1. The summed E-state index contributed by atoms with van der Waals surface area (Å²) in [7, 11) is 1.55. The van der Waals surface area contributed by atoms with Crippen LogP contribution < -0.4 is 5.32 Å². The lowest BCUT2D eigenvalue weighted by atomic mass is 10.1. The zero-order valence-electron chi connectivity index (χ0n) is 14.8. The summed E-state index contributed by atoms with van der Waals surface area (Å²) in [6.07, 6.45) is 5.45. The van der Waals surface area contributed by atoms with Gasteiger partial charge in [-0.15, -0.1) is 0 Å². The van der Waals surface area contributed by atoms with Gasteiger partial charge in [0.2, 0.25) is 0 Å². The molecule has 0 aliphatic carbocycles. The molecule has 9 heteroatoms. The number of carboxylic acids is 3. The van der Waals surface area contributed by atoms with E-state index in [9.17, 15) is 19.5 Å². The number of aromatic nitrogens is 2. The summed E-state index contributed by atoms with van der Waals surface area (Å²) in [6, 6.07) is 5.35. The van der Waals surface area contributed by atoms with Gasteiger partial charge in [0, 0.05) is 31.6 Å². The standard InChI is InChI=1S/C19H17N3O6/c1-20-15(16-10-13(19(27)28)5-7-22-16)9-11(17(23)24)2-3-14-8-12(18(25)26)4-6-21-14/h2,4-10,20H,3H2,1H3,(H,23,24)(H,25,26)(H,27,28)/b11-2+,15-9-. The van der Waals surface area contributed by atoms with Crippen LogP contribution in [0.2, 0.25) is 0 Å². The molecule has 2 aromatic heterocycles. The highest BCUT2D eigenvalue weighted by Crippen LogP contribution is 2.14. The van der Waals surface area contributed by atoms with Gasteiger partial charge in [0.15, 0.2) is 0 Å². The van der Waals surface area contributed by atoms with E-state index in [-0.39, 0.29) is 28.8 Å². The van der Waals surface area contributed by atoms with Crippen molar-refractivity contribution in [2.45, 2.75) is 6.42 Å². The summed E-state index contributed by atoms with van der Waals surface area (Å²) in [5.74, 6) is -3.44. The highest BCUT2D eigenvalue weighted by Gasteiger charge is 2.11. The van der Waals surface area contributed by atoms with Crippen LogP contribution in [0.4, 0.5) is 0 Å². The molecule has 4 N–H and O–H groups in total. The number of allylic oxidation sites excluding steroid dienone is 1. The molecule has 0 aromatic carbocycles. The molecule has 0 bridgehead atoms. The molecular weight excluding hydrogens is 366 g/mol. The first-order valence-electron chi connectivity index (χ1n) is 8.02. The van der Waals surface area contributed by atoms with E-state index in [1.807, 2.05) is 0 Å². The molecule has 9 nitrogen and oxygen atoms in total. The highest BCUT2D eigenvalue weighted by molar-refractivity contribution is 5.93. The monoisotopic (exact) mass is 383 g/mol. The van der Waals surface area contributed by atoms with Crippen molar-refractivity contribution in [1.82, 2.24) is 15.3 Å². The molecule has 0 unspecified atom stereocenters. The summed E-state index contributed by atoms with van der Waals surface area (Å²) in [6.45, 7) is 0. The average molecular weight is 383 g/mol. The van der Waals surface area contributed by atoms with Crippen LogP contribution in [0.25, 0.3) is 5.70 Å². The number of nitrogens with one attached hydrogen (secondary N) is 1. The fraction of sp³-hybridized carbons (Fsp3) is 0.105. The Kier molecular flexibility index (Phi) is 6.58. The number of carbonyl (C=O) groups is 3. The summed E-state index contributed by atoms with van der Waals surface area (Å²) in [5.41, 5.74) is 0.945.